The van der Waals surface area contributed by atoms with Crippen molar-refractivity contribution in [3.63, 3.8) is 0 Å². The highest BCUT2D eigenvalue weighted by Crippen LogP contribution is 2.32. The Morgan fingerprint density at radius 2 is 1.83 bits per heavy atom. The highest BCUT2D eigenvalue weighted by Gasteiger charge is 2.32. The van der Waals surface area contributed by atoms with E-state index in [0.29, 0.717) is 13.2 Å². The average molecular weight is 566 g/mol. The highest BCUT2D eigenvalue weighted by atomic mass is 16.5. The molecule has 0 radical (unpaired) electrons. The van der Waals surface area contributed by atoms with E-state index in [2.05, 4.69) is 46.4 Å². The molecule has 1 saturated heterocycles. The number of rotatable bonds is 9. The molecule has 9 nitrogen and oxygen atoms in total. The molecule has 1 aliphatic rings. The molecule has 3 aromatic heterocycles. The maximum absolute atomic E-state index is 12.6. The summed E-state index contributed by atoms with van der Waals surface area (Å²) in [5.41, 5.74) is 5.22. The van der Waals surface area contributed by atoms with Crippen molar-refractivity contribution in [3.8, 4) is 17.1 Å². The number of para-hydroxylation sites is 1. The highest BCUT2D eigenvalue weighted by molar-refractivity contribution is 5.92. The first kappa shape index (κ1) is 27.5. The number of methoxy groups -OCH3 is 1. The third-order valence-corrected chi connectivity index (χ3v) is 7.83. The van der Waals surface area contributed by atoms with Crippen LogP contribution in [0.3, 0.4) is 0 Å². The molecule has 0 bridgehead atoms. The summed E-state index contributed by atoms with van der Waals surface area (Å²) in [6, 6.07) is 24.0. The predicted octanol–water partition coefficient (Wildman–Crippen LogP) is 5.86. The molecule has 1 fully saturated rings. The van der Waals surface area contributed by atoms with Gasteiger partial charge in [0.05, 0.1) is 35.4 Å². The van der Waals surface area contributed by atoms with Crippen molar-refractivity contribution in [2.45, 2.75) is 31.9 Å². The number of hydrogen-bond acceptors (Lipinski definition) is 7. The second-order valence-electron chi connectivity index (χ2n) is 10.9. The lowest BCUT2D eigenvalue weighted by Crippen LogP contribution is -2.53. The predicted molar refractivity (Wildman–Crippen MR) is 163 cm³/mol. The zero-order valence-corrected chi connectivity index (χ0v) is 24.0. The number of hydrogen-bond donors (Lipinski definition) is 1. The molecule has 5 aromatic rings. The van der Waals surface area contributed by atoms with Crippen molar-refractivity contribution in [1.82, 2.24) is 19.7 Å². The van der Waals surface area contributed by atoms with E-state index in [0.717, 1.165) is 70.9 Å². The van der Waals surface area contributed by atoms with E-state index in [1.54, 1.807) is 7.11 Å². The number of imidazole rings is 1. The summed E-state index contributed by atoms with van der Waals surface area (Å²) >= 11 is 0. The normalized spacial score (nSPS) is 14.7. The lowest BCUT2D eigenvalue weighted by atomic mass is 9.89. The number of alkyl carbamates (subject to hydrolysis) is 1. The van der Waals surface area contributed by atoms with E-state index in [4.69, 9.17) is 19.2 Å². The van der Waals surface area contributed by atoms with E-state index in [1.807, 2.05) is 65.3 Å². The summed E-state index contributed by atoms with van der Waals surface area (Å²) in [7, 11) is 1.65. The molecule has 6 rings (SSSR count). The number of nitrogens with one attached hydrogen (secondary N) is 1. The number of carbonyl (C=O) groups excluding carboxylic acids is 1. The van der Waals surface area contributed by atoms with Gasteiger partial charge in [0.15, 0.2) is 0 Å². The number of fused-ring (bicyclic) bond motifs is 2. The first-order valence-electron chi connectivity index (χ1n) is 14.2. The Bertz CT molecular complexity index is 1680. The Morgan fingerprint density at radius 1 is 1.00 bits per heavy atom. The van der Waals surface area contributed by atoms with E-state index in [9.17, 15) is 4.79 Å². The molecule has 1 N–H and O–H groups in total. The quantitative estimate of drug-likeness (QED) is 0.224. The summed E-state index contributed by atoms with van der Waals surface area (Å²) in [6.45, 7) is 4.95. The van der Waals surface area contributed by atoms with Gasteiger partial charge in [-0.05, 0) is 43.5 Å². The van der Waals surface area contributed by atoms with E-state index in [1.165, 1.54) is 0 Å². The third-order valence-electron chi connectivity index (χ3n) is 7.83. The molecule has 9 heteroatoms. The summed E-state index contributed by atoms with van der Waals surface area (Å²) < 4.78 is 18.3. The first-order chi connectivity index (χ1) is 20.5. The molecule has 0 spiro atoms. The Balaban J connectivity index is 1.16. The fourth-order valence-corrected chi connectivity index (χ4v) is 5.39. The molecule has 4 heterocycles. The fourth-order valence-electron chi connectivity index (χ4n) is 5.39. The molecule has 0 atom stereocenters. The second kappa shape index (κ2) is 12.1. The number of pyridine rings is 2. The summed E-state index contributed by atoms with van der Waals surface area (Å²) in [6.07, 6.45) is 5.02. The monoisotopic (exact) mass is 565 g/mol. The van der Waals surface area contributed by atoms with Crippen molar-refractivity contribution in [3.05, 3.63) is 90.8 Å². The van der Waals surface area contributed by atoms with Gasteiger partial charge in [-0.3, -0.25) is 4.40 Å². The van der Waals surface area contributed by atoms with Crippen LogP contribution < -0.4 is 15.0 Å². The van der Waals surface area contributed by atoms with Crippen LogP contribution in [-0.2, 0) is 16.1 Å². The number of nitrogens with zero attached hydrogens (tertiary/aromatic N) is 4. The van der Waals surface area contributed by atoms with Gasteiger partial charge in [0.1, 0.15) is 24.6 Å². The van der Waals surface area contributed by atoms with E-state index < -0.39 is 0 Å². The van der Waals surface area contributed by atoms with Crippen LogP contribution in [0.5, 0.6) is 5.75 Å². The summed E-state index contributed by atoms with van der Waals surface area (Å²) in [5, 5.41) is 4.19. The SMILES string of the molecule is COCCOc1ccn2c(-c3ccc4cccc(N5CCC(C)(NC(=O)OCc6ccccc6)CC5)c4n3)cnc2c1. The van der Waals surface area contributed by atoms with E-state index in [-0.39, 0.29) is 18.2 Å². The number of anilines is 1. The Hall–Kier alpha value is -4.63. The molecule has 0 aliphatic carbocycles. The number of aromatic nitrogens is 3. The zero-order chi connectivity index (χ0) is 28.9. The van der Waals surface area contributed by atoms with Crippen molar-refractivity contribution < 1.29 is 19.0 Å². The number of carbonyl (C=O) groups is 1. The molecule has 42 heavy (non-hydrogen) atoms. The first-order valence-corrected chi connectivity index (χ1v) is 14.2. The maximum atomic E-state index is 12.6. The van der Waals surface area contributed by atoms with Gasteiger partial charge in [-0.25, -0.2) is 14.8 Å². The van der Waals surface area contributed by atoms with Gasteiger partial charge in [-0.1, -0.05) is 48.5 Å². The summed E-state index contributed by atoms with van der Waals surface area (Å²) in [5.74, 6) is 0.751. The van der Waals surface area contributed by atoms with Gasteiger partial charge in [-0.15, -0.1) is 0 Å². The minimum absolute atomic E-state index is 0.259. The lowest BCUT2D eigenvalue weighted by molar-refractivity contribution is 0.123. The molecule has 2 aromatic carbocycles. The van der Waals surface area contributed by atoms with Crippen LogP contribution in [0.25, 0.3) is 27.9 Å². The smallest absolute Gasteiger partial charge is 0.407 e. The van der Waals surface area contributed by atoms with Crippen LogP contribution in [0.2, 0.25) is 0 Å². The van der Waals surface area contributed by atoms with Crippen molar-refractivity contribution in [2.24, 2.45) is 0 Å². The Morgan fingerprint density at radius 3 is 2.64 bits per heavy atom. The largest absolute Gasteiger partial charge is 0.491 e. The third kappa shape index (κ3) is 6.01. The average Bonchev–Trinajstić information content (AvgIpc) is 3.44. The molecule has 1 amide bonds. The van der Waals surface area contributed by atoms with Crippen LogP contribution in [-0.4, -0.2) is 59.4 Å². The van der Waals surface area contributed by atoms with Gasteiger partial charge in [0.25, 0.3) is 0 Å². The van der Waals surface area contributed by atoms with Gasteiger partial charge in [-0.2, -0.15) is 0 Å². The molecular weight excluding hydrogens is 530 g/mol. The van der Waals surface area contributed by atoms with Crippen LogP contribution in [0, 0.1) is 0 Å². The van der Waals surface area contributed by atoms with Gasteiger partial charge >= 0.3 is 6.09 Å². The number of benzene rings is 2. The van der Waals surface area contributed by atoms with Crippen molar-refractivity contribution in [2.75, 3.05) is 38.3 Å². The fraction of sp³-hybridized carbons (Fsp3) is 0.303. The maximum Gasteiger partial charge on any atom is 0.407 e. The molecule has 0 saturated carbocycles. The zero-order valence-electron chi connectivity index (χ0n) is 24.0. The number of piperidine rings is 1. The van der Waals surface area contributed by atoms with Gasteiger partial charge < -0.3 is 24.4 Å². The van der Waals surface area contributed by atoms with Gasteiger partial charge in [0, 0.05) is 43.4 Å². The van der Waals surface area contributed by atoms with Gasteiger partial charge in [0.2, 0.25) is 0 Å². The molecule has 1 aliphatic heterocycles. The van der Waals surface area contributed by atoms with E-state index >= 15 is 0 Å². The van der Waals surface area contributed by atoms with Crippen LogP contribution in [0.15, 0.2) is 85.2 Å². The van der Waals surface area contributed by atoms with Crippen LogP contribution in [0.1, 0.15) is 25.3 Å². The second-order valence-corrected chi connectivity index (χ2v) is 10.9. The lowest BCUT2D eigenvalue weighted by Gasteiger charge is -2.40. The summed E-state index contributed by atoms with van der Waals surface area (Å²) in [4.78, 5) is 24.6. The van der Waals surface area contributed by atoms with Crippen molar-refractivity contribution in [1.29, 1.82) is 0 Å². The minimum Gasteiger partial charge on any atom is -0.491 e. The molecular formula is C33H35N5O4. The topological polar surface area (TPSA) is 90.2 Å². The molecule has 0 unspecified atom stereocenters. The minimum atomic E-state index is -0.382. The van der Waals surface area contributed by atoms with Crippen LogP contribution in [0.4, 0.5) is 10.5 Å². The van der Waals surface area contributed by atoms with Crippen LogP contribution >= 0.6 is 0 Å². The Kier molecular flexibility index (Phi) is 7.92. The standard InChI is InChI=1S/C33H35N5O4/c1-33(36-32(39)42-23-24-7-4-3-5-8-24)14-17-37(18-15-33)28-10-6-9-25-11-12-27(35-31(25)28)29-22-34-30-21-26(13-16-38(29)30)41-20-19-40-2/h3-13,16,21-22H,14-15,17-20,23H2,1-2H3,(H,36,39). The Labute approximate surface area is 245 Å². The van der Waals surface area contributed by atoms with Crippen molar-refractivity contribution >= 4 is 28.3 Å². The molecule has 216 valence electrons. The number of amides is 1. The number of ether oxygens (including phenoxy) is 3.